The summed E-state index contributed by atoms with van der Waals surface area (Å²) in [4.78, 5) is 15.4. The van der Waals surface area contributed by atoms with Gasteiger partial charge in [-0.1, -0.05) is 42.5 Å². The fourth-order valence-electron chi connectivity index (χ4n) is 4.73. The fourth-order valence-corrected chi connectivity index (χ4v) is 4.73. The van der Waals surface area contributed by atoms with E-state index < -0.39 is 0 Å². The molecule has 1 aliphatic heterocycles. The molecule has 1 N–H and O–H groups in total. The van der Waals surface area contributed by atoms with Crippen molar-refractivity contribution in [1.82, 2.24) is 14.8 Å². The molecule has 2 fully saturated rings. The Kier molecular flexibility index (Phi) is 6.76. The van der Waals surface area contributed by atoms with E-state index in [9.17, 15) is 4.79 Å². The van der Waals surface area contributed by atoms with Crippen LogP contribution in [0.25, 0.3) is 22.0 Å². The molecule has 1 aliphatic carbocycles. The minimum absolute atomic E-state index is 0.117. The van der Waals surface area contributed by atoms with Crippen LogP contribution >= 0.6 is 0 Å². The van der Waals surface area contributed by atoms with Gasteiger partial charge in [0.05, 0.1) is 6.61 Å². The number of hydrogen-bond acceptors (Lipinski definition) is 4. The van der Waals surface area contributed by atoms with Crippen LogP contribution in [0.2, 0.25) is 0 Å². The second kappa shape index (κ2) is 10.1. The molecule has 6 heteroatoms. The number of benzene rings is 2. The van der Waals surface area contributed by atoms with E-state index in [1.807, 2.05) is 6.07 Å². The van der Waals surface area contributed by atoms with E-state index in [2.05, 4.69) is 63.4 Å². The molecule has 0 bridgehead atoms. The summed E-state index contributed by atoms with van der Waals surface area (Å²) in [5, 5.41) is 4.51. The number of nitrogens with one attached hydrogen (secondary N) is 1. The van der Waals surface area contributed by atoms with Crippen LogP contribution in [0.4, 0.5) is 0 Å². The summed E-state index contributed by atoms with van der Waals surface area (Å²) in [5.74, 6) is 0.117. The second-order valence-corrected chi connectivity index (χ2v) is 9.05. The molecule has 1 saturated carbocycles. The Bertz CT molecular complexity index is 1080. The Labute approximate surface area is 195 Å². The Hall–Kier alpha value is -2.67. The molecule has 1 saturated heterocycles. The van der Waals surface area contributed by atoms with Gasteiger partial charge in [-0.2, -0.15) is 0 Å². The topological polar surface area (TPSA) is 55.7 Å². The van der Waals surface area contributed by atoms with E-state index in [1.165, 1.54) is 27.6 Å². The minimum Gasteiger partial charge on any atom is -0.385 e. The molecule has 0 radical (unpaired) electrons. The molecule has 0 spiro atoms. The van der Waals surface area contributed by atoms with Gasteiger partial charge >= 0.3 is 0 Å². The standard InChI is InChI=1S/C27H33N3O3/c1-32-14-5-13-29-18-22(19-30(23-9-10-23)27(31)26-17-28-12-15-33-26)24-11-8-21(16-25(24)29)20-6-3-2-4-7-20/h2-4,6-8,11,16,18,23,26,28H,5,9-10,12-15,17,19H2,1H3/t26-/m1/s1. The van der Waals surface area contributed by atoms with Crippen LogP contribution in [0.15, 0.2) is 54.7 Å². The van der Waals surface area contributed by atoms with Gasteiger partial charge < -0.3 is 24.3 Å². The molecule has 33 heavy (non-hydrogen) atoms. The SMILES string of the molecule is COCCCn1cc(CN(C(=O)[C@H]2CNCCO2)C2CC2)c2ccc(-c3ccccc3)cc21. The highest BCUT2D eigenvalue weighted by atomic mass is 16.5. The third-order valence-corrected chi connectivity index (χ3v) is 6.63. The highest BCUT2D eigenvalue weighted by molar-refractivity contribution is 5.89. The van der Waals surface area contributed by atoms with Crippen molar-refractivity contribution in [2.45, 2.75) is 44.5 Å². The third kappa shape index (κ3) is 4.98. The molecule has 6 nitrogen and oxygen atoms in total. The molecular formula is C27H33N3O3. The summed E-state index contributed by atoms with van der Waals surface area (Å²) in [6, 6.07) is 17.5. The number of carbonyl (C=O) groups excluding carboxylic acids is 1. The van der Waals surface area contributed by atoms with Crippen LogP contribution < -0.4 is 5.32 Å². The zero-order valence-electron chi connectivity index (χ0n) is 19.3. The first kappa shape index (κ1) is 22.1. The molecule has 2 heterocycles. The van der Waals surface area contributed by atoms with E-state index in [4.69, 9.17) is 9.47 Å². The van der Waals surface area contributed by atoms with Crippen molar-refractivity contribution in [3.05, 3.63) is 60.3 Å². The van der Waals surface area contributed by atoms with Gasteiger partial charge in [0, 0.05) is 63.0 Å². The molecule has 1 aromatic heterocycles. The first-order valence-corrected chi connectivity index (χ1v) is 12.0. The van der Waals surface area contributed by atoms with Crippen molar-refractivity contribution < 1.29 is 14.3 Å². The van der Waals surface area contributed by atoms with E-state index in [1.54, 1.807) is 7.11 Å². The molecule has 3 aromatic rings. The van der Waals surface area contributed by atoms with Gasteiger partial charge in [0.2, 0.25) is 0 Å². The van der Waals surface area contributed by atoms with Crippen molar-refractivity contribution in [2.75, 3.05) is 33.4 Å². The lowest BCUT2D eigenvalue weighted by Crippen LogP contribution is -2.49. The smallest absolute Gasteiger partial charge is 0.253 e. The largest absolute Gasteiger partial charge is 0.385 e. The second-order valence-electron chi connectivity index (χ2n) is 9.05. The highest BCUT2D eigenvalue weighted by Gasteiger charge is 2.37. The molecule has 5 rings (SSSR count). The van der Waals surface area contributed by atoms with Gasteiger partial charge in [-0.05, 0) is 42.0 Å². The van der Waals surface area contributed by atoms with E-state index in [0.717, 1.165) is 39.0 Å². The summed E-state index contributed by atoms with van der Waals surface area (Å²) in [6.07, 6.45) is 4.96. The molecule has 2 aliphatic rings. The Morgan fingerprint density at radius 1 is 1.18 bits per heavy atom. The minimum atomic E-state index is -0.376. The predicted octanol–water partition coefficient (Wildman–Crippen LogP) is 3.82. The van der Waals surface area contributed by atoms with E-state index in [-0.39, 0.29) is 12.0 Å². The van der Waals surface area contributed by atoms with Crippen molar-refractivity contribution in [3.8, 4) is 11.1 Å². The zero-order valence-corrected chi connectivity index (χ0v) is 19.3. The number of hydrogen-bond donors (Lipinski definition) is 1. The van der Waals surface area contributed by atoms with Crippen molar-refractivity contribution in [1.29, 1.82) is 0 Å². The summed E-state index contributed by atoms with van der Waals surface area (Å²) in [7, 11) is 1.74. The Balaban J connectivity index is 1.46. The van der Waals surface area contributed by atoms with Crippen LogP contribution in [0.5, 0.6) is 0 Å². The maximum Gasteiger partial charge on any atom is 0.253 e. The molecule has 2 aromatic carbocycles. The van der Waals surface area contributed by atoms with Gasteiger partial charge in [0.1, 0.15) is 6.10 Å². The number of ether oxygens (including phenoxy) is 2. The Morgan fingerprint density at radius 2 is 2.03 bits per heavy atom. The van der Waals surface area contributed by atoms with Gasteiger partial charge in [-0.15, -0.1) is 0 Å². The number of morpholine rings is 1. The number of amides is 1. The zero-order chi connectivity index (χ0) is 22.6. The summed E-state index contributed by atoms with van der Waals surface area (Å²) in [6.45, 7) is 4.24. The van der Waals surface area contributed by atoms with Crippen LogP contribution in [0.1, 0.15) is 24.8 Å². The molecular weight excluding hydrogens is 414 g/mol. The van der Waals surface area contributed by atoms with Gasteiger partial charge in [-0.3, -0.25) is 4.79 Å². The number of nitrogens with zero attached hydrogens (tertiary/aromatic N) is 2. The van der Waals surface area contributed by atoms with Crippen LogP contribution in [-0.2, 0) is 27.4 Å². The maximum absolute atomic E-state index is 13.3. The number of rotatable bonds is 9. The number of aromatic nitrogens is 1. The number of aryl methyl sites for hydroxylation is 1. The third-order valence-electron chi connectivity index (χ3n) is 6.63. The number of fused-ring (bicyclic) bond motifs is 1. The van der Waals surface area contributed by atoms with Crippen LogP contribution in [0.3, 0.4) is 0 Å². The normalized spacial score (nSPS) is 18.5. The predicted molar refractivity (Wildman–Crippen MR) is 130 cm³/mol. The number of methoxy groups -OCH3 is 1. The van der Waals surface area contributed by atoms with Gasteiger partial charge in [0.15, 0.2) is 0 Å². The Morgan fingerprint density at radius 3 is 2.76 bits per heavy atom. The molecule has 1 atom stereocenters. The molecule has 0 unspecified atom stereocenters. The van der Waals surface area contributed by atoms with Gasteiger partial charge in [0.25, 0.3) is 5.91 Å². The first-order valence-electron chi connectivity index (χ1n) is 12.0. The number of carbonyl (C=O) groups is 1. The monoisotopic (exact) mass is 447 g/mol. The quantitative estimate of drug-likeness (QED) is 0.507. The summed E-state index contributed by atoms with van der Waals surface area (Å²) >= 11 is 0. The average molecular weight is 448 g/mol. The van der Waals surface area contributed by atoms with Crippen LogP contribution in [-0.4, -0.2) is 60.9 Å². The lowest BCUT2D eigenvalue weighted by molar-refractivity contribution is -0.146. The van der Waals surface area contributed by atoms with E-state index in [0.29, 0.717) is 25.7 Å². The lowest BCUT2D eigenvalue weighted by Gasteiger charge is -2.30. The summed E-state index contributed by atoms with van der Waals surface area (Å²) < 4.78 is 13.4. The lowest BCUT2D eigenvalue weighted by atomic mass is 10.0. The van der Waals surface area contributed by atoms with Crippen LogP contribution in [0, 0.1) is 0 Å². The maximum atomic E-state index is 13.3. The summed E-state index contributed by atoms with van der Waals surface area (Å²) in [5.41, 5.74) is 4.83. The first-order chi connectivity index (χ1) is 16.2. The molecule has 174 valence electrons. The van der Waals surface area contributed by atoms with E-state index >= 15 is 0 Å². The molecule has 1 amide bonds. The van der Waals surface area contributed by atoms with Crippen molar-refractivity contribution in [3.63, 3.8) is 0 Å². The highest BCUT2D eigenvalue weighted by Crippen LogP contribution is 2.33. The van der Waals surface area contributed by atoms with Crippen molar-refractivity contribution in [2.24, 2.45) is 0 Å². The fraction of sp³-hybridized carbons (Fsp3) is 0.444. The average Bonchev–Trinajstić information content (AvgIpc) is 3.66. The van der Waals surface area contributed by atoms with Gasteiger partial charge in [-0.25, -0.2) is 0 Å². The van der Waals surface area contributed by atoms with Crippen molar-refractivity contribution >= 4 is 16.8 Å².